The second-order valence-corrected chi connectivity index (χ2v) is 4.78. The highest BCUT2D eigenvalue weighted by Gasteiger charge is 2.16. The van der Waals surface area contributed by atoms with Crippen molar-refractivity contribution in [2.24, 2.45) is 0 Å². The predicted molar refractivity (Wildman–Crippen MR) is 51.9 cm³/mol. The van der Waals surface area contributed by atoms with Gasteiger partial charge in [-0.1, -0.05) is 0 Å². The molecule has 2 N–H and O–H groups in total. The van der Waals surface area contributed by atoms with Crippen LogP contribution in [-0.2, 0) is 14.9 Å². The monoisotopic (exact) mass is 224 g/mol. The van der Waals surface area contributed by atoms with E-state index < -0.39 is 16.3 Å². The second kappa shape index (κ2) is 5.16. The third kappa shape index (κ3) is 6.67. The van der Waals surface area contributed by atoms with Crippen molar-refractivity contribution in [1.82, 2.24) is 9.44 Å². The molecule has 0 saturated heterocycles. The van der Waals surface area contributed by atoms with Crippen molar-refractivity contribution in [3.05, 3.63) is 0 Å². The van der Waals surface area contributed by atoms with Gasteiger partial charge in [0.05, 0.1) is 6.10 Å². The van der Waals surface area contributed by atoms with Crippen LogP contribution in [0, 0.1) is 0 Å². The van der Waals surface area contributed by atoms with E-state index in [1.54, 1.807) is 32.4 Å². The van der Waals surface area contributed by atoms with Gasteiger partial charge in [0, 0.05) is 6.04 Å². The number of carbonyl (C=O) groups is 1. The average Bonchev–Trinajstić information content (AvgIpc) is 1.77. The summed E-state index contributed by atoms with van der Waals surface area (Å²) < 4.78 is 30.7. The lowest BCUT2D eigenvalue weighted by molar-refractivity contribution is 0.121. The molecule has 0 saturated carbocycles. The third-order valence-electron chi connectivity index (χ3n) is 0.951. The molecule has 6 nitrogen and oxygen atoms in total. The Bertz CT molecular complexity index is 284. The Balaban J connectivity index is 4.17. The maximum absolute atomic E-state index is 11.1. The molecule has 0 spiro atoms. The highest BCUT2D eigenvalue weighted by Crippen LogP contribution is 1.90. The molecule has 14 heavy (non-hydrogen) atoms. The molecule has 0 rings (SSSR count). The van der Waals surface area contributed by atoms with Crippen molar-refractivity contribution in [2.45, 2.75) is 39.8 Å². The molecule has 0 radical (unpaired) electrons. The van der Waals surface area contributed by atoms with E-state index >= 15 is 0 Å². The van der Waals surface area contributed by atoms with Crippen LogP contribution in [0.2, 0.25) is 0 Å². The normalized spacial score (nSPS) is 11.9. The summed E-state index contributed by atoms with van der Waals surface area (Å²) in [5, 5.41) is 0. The van der Waals surface area contributed by atoms with Gasteiger partial charge in [-0.15, -0.1) is 0 Å². The molecule has 0 fully saturated rings. The summed E-state index contributed by atoms with van der Waals surface area (Å²) in [5.74, 6) is 0. The van der Waals surface area contributed by atoms with E-state index in [0.29, 0.717) is 0 Å². The molecule has 0 aromatic rings. The van der Waals surface area contributed by atoms with Crippen molar-refractivity contribution in [2.75, 3.05) is 0 Å². The zero-order valence-electron chi connectivity index (χ0n) is 8.70. The van der Waals surface area contributed by atoms with Gasteiger partial charge in [0.25, 0.3) is 0 Å². The lowest BCUT2D eigenvalue weighted by Crippen LogP contribution is -2.43. The first-order chi connectivity index (χ1) is 6.23. The first-order valence-corrected chi connectivity index (χ1v) is 5.72. The van der Waals surface area contributed by atoms with Gasteiger partial charge < -0.3 is 4.74 Å². The summed E-state index contributed by atoms with van der Waals surface area (Å²) >= 11 is 0. The molecule has 0 bridgehead atoms. The van der Waals surface area contributed by atoms with Crippen molar-refractivity contribution in [3.8, 4) is 0 Å². The molecule has 0 aromatic carbocycles. The topological polar surface area (TPSA) is 84.5 Å². The highest BCUT2D eigenvalue weighted by atomic mass is 32.2. The fourth-order valence-corrected chi connectivity index (χ4v) is 1.63. The first-order valence-electron chi connectivity index (χ1n) is 4.23. The number of carbonyl (C=O) groups excluding carboxylic acids is 1. The van der Waals surface area contributed by atoms with Crippen LogP contribution >= 0.6 is 0 Å². The van der Waals surface area contributed by atoms with Gasteiger partial charge in [-0.2, -0.15) is 13.1 Å². The molecular formula is C7H16N2O4S. The van der Waals surface area contributed by atoms with Crippen LogP contribution in [0.4, 0.5) is 4.79 Å². The van der Waals surface area contributed by atoms with Crippen molar-refractivity contribution < 1.29 is 17.9 Å². The molecule has 7 heteroatoms. The Labute approximate surface area is 84.2 Å². The predicted octanol–water partition coefficient (Wildman–Crippen LogP) is 0.364. The summed E-state index contributed by atoms with van der Waals surface area (Å²) in [5.41, 5.74) is 0. The fourth-order valence-electron chi connectivity index (χ4n) is 0.688. The van der Waals surface area contributed by atoms with E-state index in [1.807, 2.05) is 0 Å². The van der Waals surface area contributed by atoms with Crippen molar-refractivity contribution in [3.63, 3.8) is 0 Å². The molecular weight excluding hydrogens is 208 g/mol. The molecule has 84 valence electrons. The Hall–Kier alpha value is -0.820. The number of nitrogens with one attached hydrogen (secondary N) is 2. The van der Waals surface area contributed by atoms with E-state index in [-0.39, 0.29) is 12.1 Å². The maximum atomic E-state index is 11.1. The molecule has 1 amide bonds. The Morgan fingerprint density at radius 1 is 1.21 bits per heavy atom. The minimum atomic E-state index is -3.80. The average molecular weight is 224 g/mol. The van der Waals surface area contributed by atoms with Crippen molar-refractivity contribution >= 4 is 16.3 Å². The smallest absolute Gasteiger partial charge is 0.422 e. The molecule has 0 unspecified atom stereocenters. The summed E-state index contributed by atoms with van der Waals surface area (Å²) in [6.45, 7) is 6.55. The second-order valence-electron chi connectivity index (χ2n) is 3.33. The van der Waals surface area contributed by atoms with E-state index in [4.69, 9.17) is 0 Å². The maximum Gasteiger partial charge on any atom is 0.422 e. The van der Waals surface area contributed by atoms with Gasteiger partial charge >= 0.3 is 16.3 Å². The van der Waals surface area contributed by atoms with E-state index in [1.165, 1.54) is 0 Å². The standard InChI is InChI=1S/C7H16N2O4S/c1-5(2)8-14(11,12)9-7(10)13-6(3)4/h5-6,8H,1-4H3,(H,9,10). The number of rotatable bonds is 4. The zero-order valence-corrected chi connectivity index (χ0v) is 9.51. The quantitative estimate of drug-likeness (QED) is 0.722. The molecule has 0 heterocycles. The minimum Gasteiger partial charge on any atom is -0.446 e. The van der Waals surface area contributed by atoms with Crippen LogP contribution in [0.15, 0.2) is 0 Å². The molecule has 0 aliphatic heterocycles. The van der Waals surface area contributed by atoms with Crippen LogP contribution in [0.25, 0.3) is 0 Å². The summed E-state index contributed by atoms with van der Waals surface area (Å²) in [6, 6.07) is -0.278. The minimum absolute atomic E-state index is 0.278. The van der Waals surface area contributed by atoms with Crippen molar-refractivity contribution in [1.29, 1.82) is 0 Å². The number of amides is 1. The molecule has 0 aliphatic carbocycles. The van der Waals surface area contributed by atoms with Crippen LogP contribution in [0.5, 0.6) is 0 Å². The van der Waals surface area contributed by atoms with Crippen LogP contribution in [-0.4, -0.2) is 26.7 Å². The third-order valence-corrected chi connectivity index (χ3v) is 2.17. The zero-order chi connectivity index (χ0) is 11.4. The van der Waals surface area contributed by atoms with E-state index in [2.05, 4.69) is 9.46 Å². The van der Waals surface area contributed by atoms with Gasteiger partial charge in [-0.05, 0) is 27.7 Å². The first kappa shape index (κ1) is 13.2. The summed E-state index contributed by atoms with van der Waals surface area (Å²) in [7, 11) is -3.80. The number of hydrogen-bond acceptors (Lipinski definition) is 4. The largest absolute Gasteiger partial charge is 0.446 e. The van der Waals surface area contributed by atoms with Gasteiger partial charge in [-0.3, -0.25) is 0 Å². The molecule has 0 aliphatic rings. The Kier molecular flexibility index (Phi) is 4.86. The molecule has 0 aromatic heterocycles. The van der Waals surface area contributed by atoms with Crippen LogP contribution in [0.3, 0.4) is 0 Å². The lowest BCUT2D eigenvalue weighted by Gasteiger charge is -2.12. The SMILES string of the molecule is CC(C)NS(=O)(=O)NC(=O)OC(C)C. The summed E-state index contributed by atoms with van der Waals surface area (Å²) in [6.07, 6.45) is -1.34. The van der Waals surface area contributed by atoms with Crippen LogP contribution in [0.1, 0.15) is 27.7 Å². The van der Waals surface area contributed by atoms with Crippen LogP contribution < -0.4 is 9.44 Å². The van der Waals surface area contributed by atoms with Gasteiger partial charge in [0.1, 0.15) is 0 Å². The number of hydrogen-bond donors (Lipinski definition) is 2. The fraction of sp³-hybridized carbons (Fsp3) is 0.857. The highest BCUT2D eigenvalue weighted by molar-refractivity contribution is 7.88. The summed E-state index contributed by atoms with van der Waals surface area (Å²) in [4.78, 5) is 10.9. The Morgan fingerprint density at radius 2 is 1.71 bits per heavy atom. The Morgan fingerprint density at radius 3 is 2.07 bits per heavy atom. The van der Waals surface area contributed by atoms with Gasteiger partial charge in [0.2, 0.25) is 0 Å². The van der Waals surface area contributed by atoms with Gasteiger partial charge in [0.15, 0.2) is 0 Å². The van der Waals surface area contributed by atoms with E-state index in [9.17, 15) is 13.2 Å². The van der Waals surface area contributed by atoms with E-state index in [0.717, 1.165) is 0 Å². The lowest BCUT2D eigenvalue weighted by atomic mass is 10.4. The van der Waals surface area contributed by atoms with Gasteiger partial charge in [-0.25, -0.2) is 9.52 Å². The number of ether oxygens (including phenoxy) is 1. The molecule has 0 atom stereocenters.